The zero-order chi connectivity index (χ0) is 15.6. The molecule has 0 aliphatic carbocycles. The second kappa shape index (κ2) is 5.83. The molecule has 2 aromatic rings. The maximum absolute atomic E-state index is 12.9. The first-order chi connectivity index (χ1) is 9.90. The van der Waals surface area contributed by atoms with Crippen LogP contribution in [-0.4, -0.2) is 23.0 Å². The van der Waals surface area contributed by atoms with Gasteiger partial charge in [-0.3, -0.25) is 4.79 Å². The number of phenolic OH excluding ortho intramolecular Hbond substituents is 1. The predicted octanol–water partition coefficient (Wildman–Crippen LogP) is 2.95. The van der Waals surface area contributed by atoms with Gasteiger partial charge < -0.3 is 15.7 Å². The number of carbonyl (C=O) groups excluding carboxylic acids is 1. The Morgan fingerprint density at radius 3 is 2.43 bits per heavy atom. The fraction of sp³-hybridized carbons (Fsp3) is 0.188. The summed E-state index contributed by atoms with van der Waals surface area (Å²) in [6, 6.07) is 10.2. The van der Waals surface area contributed by atoms with Crippen molar-refractivity contribution in [3.8, 4) is 5.75 Å². The van der Waals surface area contributed by atoms with Crippen LogP contribution in [0.3, 0.4) is 0 Å². The minimum absolute atomic E-state index is 0.122. The van der Waals surface area contributed by atoms with E-state index in [0.29, 0.717) is 5.56 Å². The van der Waals surface area contributed by atoms with E-state index in [9.17, 15) is 14.3 Å². The van der Waals surface area contributed by atoms with Crippen molar-refractivity contribution in [1.29, 1.82) is 0 Å². The lowest BCUT2D eigenvalue weighted by Gasteiger charge is -2.25. The molecule has 0 spiro atoms. The fourth-order valence-electron chi connectivity index (χ4n) is 2.02. The molecule has 1 atom stereocenters. The van der Waals surface area contributed by atoms with E-state index >= 15 is 0 Å². The van der Waals surface area contributed by atoms with Crippen molar-refractivity contribution in [3.63, 3.8) is 0 Å². The Hall–Kier alpha value is -2.56. The lowest BCUT2D eigenvalue weighted by molar-refractivity contribution is 0.0742. The Morgan fingerprint density at radius 2 is 1.86 bits per heavy atom. The van der Waals surface area contributed by atoms with Crippen LogP contribution in [-0.2, 0) is 0 Å². The van der Waals surface area contributed by atoms with E-state index in [2.05, 4.69) is 0 Å². The Kier molecular flexibility index (Phi) is 4.12. The van der Waals surface area contributed by atoms with E-state index < -0.39 is 0 Å². The van der Waals surface area contributed by atoms with E-state index in [1.807, 2.05) is 6.92 Å². The van der Waals surface area contributed by atoms with Crippen LogP contribution in [0, 0.1) is 5.82 Å². The van der Waals surface area contributed by atoms with Crippen molar-refractivity contribution in [2.75, 3.05) is 12.8 Å². The van der Waals surface area contributed by atoms with Gasteiger partial charge in [0.25, 0.3) is 5.91 Å². The molecule has 0 aliphatic rings. The van der Waals surface area contributed by atoms with Crippen LogP contribution in [0.5, 0.6) is 5.75 Å². The molecule has 0 fully saturated rings. The molecule has 2 rings (SSSR count). The number of rotatable bonds is 3. The third kappa shape index (κ3) is 3.13. The molecule has 0 bridgehead atoms. The van der Waals surface area contributed by atoms with Crippen LogP contribution >= 0.6 is 0 Å². The van der Waals surface area contributed by atoms with Crippen LogP contribution in [0.15, 0.2) is 42.5 Å². The molecule has 110 valence electrons. The molecule has 1 unspecified atom stereocenters. The lowest BCUT2D eigenvalue weighted by Crippen LogP contribution is -2.29. The molecule has 0 heterocycles. The highest BCUT2D eigenvalue weighted by molar-refractivity contribution is 5.95. The van der Waals surface area contributed by atoms with Gasteiger partial charge in [0, 0.05) is 12.6 Å². The molecule has 5 heteroatoms. The first-order valence-electron chi connectivity index (χ1n) is 6.51. The number of hydrogen-bond donors (Lipinski definition) is 2. The highest BCUT2D eigenvalue weighted by atomic mass is 19.1. The maximum atomic E-state index is 12.9. The van der Waals surface area contributed by atoms with Crippen LogP contribution in [0.25, 0.3) is 0 Å². The van der Waals surface area contributed by atoms with Gasteiger partial charge in [-0.15, -0.1) is 0 Å². The largest absolute Gasteiger partial charge is 0.506 e. The number of amides is 1. The Labute approximate surface area is 122 Å². The number of anilines is 1. The SMILES string of the molecule is CC(c1ccc(F)cc1)N(C)C(=O)c1ccc(N)c(O)c1. The summed E-state index contributed by atoms with van der Waals surface area (Å²) in [5, 5.41) is 9.58. The number of benzene rings is 2. The quantitative estimate of drug-likeness (QED) is 0.674. The van der Waals surface area contributed by atoms with Gasteiger partial charge in [0.15, 0.2) is 0 Å². The van der Waals surface area contributed by atoms with Crippen molar-refractivity contribution >= 4 is 11.6 Å². The van der Waals surface area contributed by atoms with Gasteiger partial charge in [-0.25, -0.2) is 4.39 Å². The zero-order valence-electron chi connectivity index (χ0n) is 11.9. The second-order valence-electron chi connectivity index (χ2n) is 4.92. The molecule has 1 amide bonds. The number of carbonyl (C=O) groups is 1. The maximum Gasteiger partial charge on any atom is 0.254 e. The van der Waals surface area contributed by atoms with E-state index in [4.69, 9.17) is 5.73 Å². The van der Waals surface area contributed by atoms with Crippen LogP contribution in [0.2, 0.25) is 0 Å². The molecule has 4 nitrogen and oxygen atoms in total. The number of aromatic hydroxyl groups is 1. The minimum atomic E-state index is -0.316. The molecule has 21 heavy (non-hydrogen) atoms. The summed E-state index contributed by atoms with van der Waals surface area (Å²) < 4.78 is 12.9. The molecule has 0 saturated heterocycles. The van der Waals surface area contributed by atoms with E-state index in [-0.39, 0.29) is 29.2 Å². The molecule has 2 aromatic carbocycles. The smallest absolute Gasteiger partial charge is 0.254 e. The highest BCUT2D eigenvalue weighted by Crippen LogP contribution is 2.24. The number of phenols is 1. The summed E-state index contributed by atoms with van der Waals surface area (Å²) in [6.07, 6.45) is 0. The topological polar surface area (TPSA) is 66.6 Å². The van der Waals surface area contributed by atoms with Crippen molar-refractivity contribution in [1.82, 2.24) is 4.90 Å². The average Bonchev–Trinajstić information content (AvgIpc) is 2.48. The van der Waals surface area contributed by atoms with E-state index in [1.165, 1.54) is 29.2 Å². The predicted molar refractivity (Wildman–Crippen MR) is 79.4 cm³/mol. The van der Waals surface area contributed by atoms with Crippen molar-refractivity contribution in [3.05, 3.63) is 59.4 Å². The van der Waals surface area contributed by atoms with Crippen LogP contribution in [0.1, 0.15) is 28.9 Å². The van der Waals surface area contributed by atoms with Crippen molar-refractivity contribution in [2.24, 2.45) is 0 Å². The Morgan fingerprint density at radius 1 is 1.24 bits per heavy atom. The monoisotopic (exact) mass is 288 g/mol. The molecular weight excluding hydrogens is 271 g/mol. The number of hydrogen-bond acceptors (Lipinski definition) is 3. The van der Waals surface area contributed by atoms with Gasteiger partial charge in [0.2, 0.25) is 0 Å². The molecule has 0 saturated carbocycles. The average molecular weight is 288 g/mol. The van der Waals surface area contributed by atoms with Gasteiger partial charge in [0.1, 0.15) is 11.6 Å². The molecular formula is C16H17FN2O2. The summed E-state index contributed by atoms with van der Waals surface area (Å²) >= 11 is 0. The first kappa shape index (κ1) is 14.8. The minimum Gasteiger partial charge on any atom is -0.506 e. The summed E-state index contributed by atoms with van der Waals surface area (Å²) in [6.45, 7) is 1.85. The van der Waals surface area contributed by atoms with Gasteiger partial charge in [-0.05, 0) is 42.8 Å². The standard InChI is InChI=1S/C16H17FN2O2/c1-10(11-3-6-13(17)7-4-11)19(2)16(21)12-5-8-14(18)15(20)9-12/h3-10,20H,18H2,1-2H3. The summed E-state index contributed by atoms with van der Waals surface area (Å²) in [5.74, 6) is -0.686. The third-order valence-electron chi connectivity index (χ3n) is 3.53. The van der Waals surface area contributed by atoms with Gasteiger partial charge in [-0.1, -0.05) is 12.1 Å². The van der Waals surface area contributed by atoms with Gasteiger partial charge >= 0.3 is 0 Å². The highest BCUT2D eigenvalue weighted by Gasteiger charge is 2.19. The molecule has 0 aromatic heterocycles. The number of nitrogen functional groups attached to an aromatic ring is 1. The zero-order valence-corrected chi connectivity index (χ0v) is 11.9. The lowest BCUT2D eigenvalue weighted by atomic mass is 10.1. The summed E-state index contributed by atoms with van der Waals surface area (Å²) in [7, 11) is 1.66. The molecule has 0 aliphatic heterocycles. The normalized spacial score (nSPS) is 12.0. The van der Waals surface area contributed by atoms with E-state index in [1.54, 1.807) is 25.2 Å². The number of nitrogens with zero attached hydrogens (tertiary/aromatic N) is 1. The summed E-state index contributed by atoms with van der Waals surface area (Å²) in [5.41, 5.74) is 6.91. The van der Waals surface area contributed by atoms with E-state index in [0.717, 1.165) is 5.56 Å². The van der Waals surface area contributed by atoms with Gasteiger partial charge in [0.05, 0.1) is 11.7 Å². The van der Waals surface area contributed by atoms with Crippen molar-refractivity contribution in [2.45, 2.75) is 13.0 Å². The van der Waals surface area contributed by atoms with Crippen LogP contribution in [0.4, 0.5) is 10.1 Å². The van der Waals surface area contributed by atoms with Crippen LogP contribution < -0.4 is 5.73 Å². The number of halogens is 1. The second-order valence-corrected chi connectivity index (χ2v) is 4.92. The number of nitrogens with two attached hydrogens (primary N) is 1. The Bertz CT molecular complexity index is 656. The Balaban J connectivity index is 2.21. The third-order valence-corrected chi connectivity index (χ3v) is 3.53. The van der Waals surface area contributed by atoms with Crippen molar-refractivity contribution < 1.29 is 14.3 Å². The van der Waals surface area contributed by atoms with Gasteiger partial charge in [-0.2, -0.15) is 0 Å². The fourth-order valence-corrected chi connectivity index (χ4v) is 2.02. The summed E-state index contributed by atoms with van der Waals surface area (Å²) in [4.78, 5) is 13.9. The molecule has 0 radical (unpaired) electrons. The molecule has 3 N–H and O–H groups in total. The first-order valence-corrected chi connectivity index (χ1v) is 6.51.